The second-order valence-electron chi connectivity index (χ2n) is 3.26. The SMILES string of the molecule is CCSc1nn2c(-c3cccnc3)nnc2s1. The van der Waals surface area contributed by atoms with E-state index in [2.05, 4.69) is 27.2 Å². The normalized spacial score (nSPS) is 11.1. The van der Waals surface area contributed by atoms with Crippen molar-refractivity contribution >= 4 is 28.1 Å². The Morgan fingerprint density at radius 3 is 3.12 bits per heavy atom. The first-order valence-corrected chi connectivity index (χ1v) is 6.94. The van der Waals surface area contributed by atoms with Crippen molar-refractivity contribution in [3.63, 3.8) is 0 Å². The first-order chi connectivity index (χ1) is 8.38. The van der Waals surface area contributed by atoms with E-state index in [4.69, 9.17) is 0 Å². The van der Waals surface area contributed by atoms with Gasteiger partial charge in [0, 0.05) is 18.0 Å². The lowest BCUT2D eigenvalue weighted by Gasteiger charge is -1.94. The molecule has 0 atom stereocenters. The second-order valence-corrected chi connectivity index (χ2v) is 5.73. The van der Waals surface area contributed by atoms with Gasteiger partial charge < -0.3 is 0 Å². The number of rotatable bonds is 3. The lowest BCUT2D eigenvalue weighted by atomic mass is 10.3. The standard InChI is InChI=1S/C10H9N5S2/c1-2-16-10-14-15-8(12-13-9(15)17-10)7-4-3-5-11-6-7/h3-6H,2H2,1H3. The van der Waals surface area contributed by atoms with Crippen LogP contribution in [-0.2, 0) is 0 Å². The summed E-state index contributed by atoms with van der Waals surface area (Å²) in [6.07, 6.45) is 3.50. The highest BCUT2D eigenvalue weighted by Crippen LogP contribution is 2.26. The predicted octanol–water partition coefficient (Wildman–Crippen LogP) is 2.36. The van der Waals surface area contributed by atoms with E-state index in [1.165, 1.54) is 0 Å². The van der Waals surface area contributed by atoms with Crippen LogP contribution in [0.2, 0.25) is 0 Å². The van der Waals surface area contributed by atoms with Gasteiger partial charge in [0.15, 0.2) is 10.2 Å². The summed E-state index contributed by atoms with van der Waals surface area (Å²) in [5, 5.41) is 12.7. The number of hydrogen-bond donors (Lipinski definition) is 0. The lowest BCUT2D eigenvalue weighted by Crippen LogP contribution is -1.90. The molecular formula is C10H9N5S2. The molecule has 0 unspecified atom stereocenters. The molecule has 0 aromatic carbocycles. The Balaban J connectivity index is 2.11. The van der Waals surface area contributed by atoms with E-state index >= 15 is 0 Å². The van der Waals surface area contributed by atoms with Gasteiger partial charge in [-0.05, 0) is 17.9 Å². The smallest absolute Gasteiger partial charge is 0.235 e. The molecule has 0 saturated carbocycles. The molecule has 0 aliphatic heterocycles. The zero-order valence-electron chi connectivity index (χ0n) is 9.07. The summed E-state index contributed by atoms with van der Waals surface area (Å²) in [4.78, 5) is 4.90. The third-order valence-electron chi connectivity index (χ3n) is 2.16. The van der Waals surface area contributed by atoms with Crippen molar-refractivity contribution < 1.29 is 0 Å². The molecule has 0 spiro atoms. The van der Waals surface area contributed by atoms with E-state index < -0.39 is 0 Å². The van der Waals surface area contributed by atoms with Gasteiger partial charge in [-0.2, -0.15) is 4.52 Å². The highest BCUT2D eigenvalue weighted by atomic mass is 32.2. The van der Waals surface area contributed by atoms with Crippen LogP contribution in [0.5, 0.6) is 0 Å². The highest BCUT2D eigenvalue weighted by molar-refractivity contribution is 8.01. The molecule has 0 fully saturated rings. The number of thioether (sulfide) groups is 1. The van der Waals surface area contributed by atoms with Gasteiger partial charge in [-0.15, -0.1) is 15.3 Å². The van der Waals surface area contributed by atoms with Crippen LogP contribution in [-0.4, -0.2) is 30.5 Å². The van der Waals surface area contributed by atoms with Gasteiger partial charge in [0.1, 0.15) is 0 Å². The average molecular weight is 263 g/mol. The van der Waals surface area contributed by atoms with Crippen LogP contribution >= 0.6 is 23.1 Å². The molecule has 3 aromatic rings. The van der Waals surface area contributed by atoms with Gasteiger partial charge in [0.2, 0.25) is 4.96 Å². The highest BCUT2D eigenvalue weighted by Gasteiger charge is 2.12. The molecule has 0 aliphatic carbocycles. The third kappa shape index (κ3) is 1.91. The van der Waals surface area contributed by atoms with Crippen molar-refractivity contribution in [1.29, 1.82) is 0 Å². The number of hydrogen-bond acceptors (Lipinski definition) is 6. The Kier molecular flexibility index (Phi) is 2.77. The van der Waals surface area contributed by atoms with E-state index in [1.54, 1.807) is 40.0 Å². The molecular weight excluding hydrogens is 254 g/mol. The van der Waals surface area contributed by atoms with Crippen molar-refractivity contribution in [3.05, 3.63) is 24.5 Å². The van der Waals surface area contributed by atoms with Crippen LogP contribution in [0.15, 0.2) is 28.9 Å². The molecule has 86 valence electrons. The Morgan fingerprint density at radius 1 is 1.41 bits per heavy atom. The molecule has 0 saturated heterocycles. The zero-order chi connectivity index (χ0) is 11.7. The van der Waals surface area contributed by atoms with Gasteiger partial charge in [-0.1, -0.05) is 30.0 Å². The summed E-state index contributed by atoms with van der Waals surface area (Å²) in [6, 6.07) is 3.83. The Hall–Kier alpha value is -1.47. The van der Waals surface area contributed by atoms with E-state index in [-0.39, 0.29) is 0 Å². The van der Waals surface area contributed by atoms with Crippen LogP contribution in [0.25, 0.3) is 16.3 Å². The van der Waals surface area contributed by atoms with E-state index in [0.717, 1.165) is 26.4 Å². The number of pyridine rings is 1. The topological polar surface area (TPSA) is 56.0 Å². The Bertz CT molecular complexity index is 630. The summed E-state index contributed by atoms with van der Waals surface area (Å²) in [5.74, 6) is 1.75. The average Bonchev–Trinajstić information content (AvgIpc) is 2.90. The minimum atomic E-state index is 0.743. The van der Waals surface area contributed by atoms with E-state index in [1.807, 2.05) is 12.1 Å². The maximum absolute atomic E-state index is 4.48. The Morgan fingerprint density at radius 2 is 2.35 bits per heavy atom. The molecule has 0 bridgehead atoms. The van der Waals surface area contributed by atoms with Crippen molar-refractivity contribution in [1.82, 2.24) is 24.8 Å². The fourth-order valence-electron chi connectivity index (χ4n) is 1.46. The number of aromatic nitrogens is 5. The summed E-state index contributed by atoms with van der Waals surface area (Å²) >= 11 is 3.27. The summed E-state index contributed by atoms with van der Waals surface area (Å²) in [6.45, 7) is 2.11. The molecule has 0 aliphatic rings. The fourth-order valence-corrected chi connectivity index (χ4v) is 3.23. The number of nitrogens with zero attached hydrogens (tertiary/aromatic N) is 5. The zero-order valence-corrected chi connectivity index (χ0v) is 10.7. The number of fused-ring (bicyclic) bond motifs is 1. The van der Waals surface area contributed by atoms with Gasteiger partial charge >= 0.3 is 0 Å². The molecule has 17 heavy (non-hydrogen) atoms. The molecule has 7 heteroatoms. The quantitative estimate of drug-likeness (QED) is 0.679. The van der Waals surface area contributed by atoms with Gasteiger partial charge in [-0.3, -0.25) is 4.98 Å². The summed E-state index contributed by atoms with van der Waals surface area (Å²) in [5.41, 5.74) is 0.929. The molecule has 3 aromatic heterocycles. The minimum absolute atomic E-state index is 0.743. The van der Waals surface area contributed by atoms with E-state index in [9.17, 15) is 0 Å². The minimum Gasteiger partial charge on any atom is -0.264 e. The van der Waals surface area contributed by atoms with Crippen LogP contribution in [0.1, 0.15) is 6.92 Å². The van der Waals surface area contributed by atoms with Crippen molar-refractivity contribution in [2.24, 2.45) is 0 Å². The van der Waals surface area contributed by atoms with Crippen molar-refractivity contribution in [2.75, 3.05) is 5.75 Å². The van der Waals surface area contributed by atoms with Crippen LogP contribution in [0.4, 0.5) is 0 Å². The molecule has 0 amide bonds. The maximum Gasteiger partial charge on any atom is 0.235 e. The third-order valence-corrected chi connectivity index (χ3v) is 4.07. The van der Waals surface area contributed by atoms with Gasteiger partial charge in [-0.25, -0.2) is 0 Å². The predicted molar refractivity (Wildman–Crippen MR) is 68.3 cm³/mol. The Labute approximate surface area is 106 Å². The second kappa shape index (κ2) is 4.42. The molecule has 3 rings (SSSR count). The first-order valence-electron chi connectivity index (χ1n) is 5.14. The van der Waals surface area contributed by atoms with Crippen LogP contribution < -0.4 is 0 Å². The van der Waals surface area contributed by atoms with Crippen molar-refractivity contribution in [2.45, 2.75) is 11.3 Å². The lowest BCUT2D eigenvalue weighted by molar-refractivity contribution is 0.910. The fraction of sp³-hybridized carbons (Fsp3) is 0.200. The van der Waals surface area contributed by atoms with Crippen molar-refractivity contribution in [3.8, 4) is 11.4 Å². The summed E-state index contributed by atoms with van der Waals surface area (Å²) in [7, 11) is 0. The van der Waals surface area contributed by atoms with Gasteiger partial charge in [0.25, 0.3) is 0 Å². The van der Waals surface area contributed by atoms with Crippen LogP contribution in [0.3, 0.4) is 0 Å². The molecule has 0 radical (unpaired) electrons. The molecule has 5 nitrogen and oxygen atoms in total. The largest absolute Gasteiger partial charge is 0.264 e. The maximum atomic E-state index is 4.48. The summed E-state index contributed by atoms with van der Waals surface area (Å²) < 4.78 is 2.79. The van der Waals surface area contributed by atoms with Crippen LogP contribution in [0, 0.1) is 0 Å². The molecule has 0 N–H and O–H groups in total. The first kappa shape index (κ1) is 10.7. The van der Waals surface area contributed by atoms with E-state index in [0.29, 0.717) is 0 Å². The monoisotopic (exact) mass is 263 g/mol. The van der Waals surface area contributed by atoms with Gasteiger partial charge in [0.05, 0.1) is 0 Å². The molecule has 3 heterocycles.